The van der Waals surface area contributed by atoms with Gasteiger partial charge in [-0.1, -0.05) is 11.2 Å². The van der Waals surface area contributed by atoms with Crippen LogP contribution in [0.5, 0.6) is 0 Å². The maximum absolute atomic E-state index is 12.7. The van der Waals surface area contributed by atoms with Crippen molar-refractivity contribution >= 4 is 5.91 Å². The first kappa shape index (κ1) is 18.1. The zero-order chi connectivity index (χ0) is 18.5. The molecule has 1 unspecified atom stereocenters. The molecular weight excluding hydrogens is 346 g/mol. The summed E-state index contributed by atoms with van der Waals surface area (Å²) in [5, 5.41) is 4.07. The first-order valence-corrected chi connectivity index (χ1v) is 9.63. The van der Waals surface area contributed by atoms with Gasteiger partial charge in [0, 0.05) is 38.3 Å². The molecule has 4 rings (SSSR count). The number of carbonyl (C=O) groups is 1. The Hall–Kier alpha value is -2.32. The minimum absolute atomic E-state index is 0.224. The van der Waals surface area contributed by atoms with Gasteiger partial charge in [-0.25, -0.2) is 0 Å². The molecule has 0 saturated carbocycles. The Labute approximate surface area is 158 Å². The van der Waals surface area contributed by atoms with Crippen LogP contribution < -0.4 is 0 Å². The van der Waals surface area contributed by atoms with E-state index >= 15 is 0 Å². The minimum Gasteiger partial charge on any atom is -0.379 e. The van der Waals surface area contributed by atoms with Crippen molar-refractivity contribution in [3.8, 4) is 11.6 Å². The quantitative estimate of drug-likeness (QED) is 0.758. The Kier molecular flexibility index (Phi) is 5.74. The highest BCUT2D eigenvalue weighted by atomic mass is 16.5. The second-order valence-electron chi connectivity index (χ2n) is 7.04. The van der Waals surface area contributed by atoms with Gasteiger partial charge in [-0.3, -0.25) is 14.7 Å². The summed E-state index contributed by atoms with van der Waals surface area (Å²) in [5.74, 6) is 1.34. The monoisotopic (exact) mass is 371 g/mol. The minimum atomic E-state index is 0.224. The third kappa shape index (κ3) is 4.51. The molecule has 2 aliphatic rings. The summed E-state index contributed by atoms with van der Waals surface area (Å²) in [7, 11) is 0. The van der Waals surface area contributed by atoms with E-state index in [1.54, 1.807) is 6.20 Å². The standard InChI is InChI=1S/C19H25N5O3/c25-18(14-23-10-12-26-13-11-23)24-9-3-4-15(24)6-7-17-21-19(27-22-17)16-5-1-2-8-20-16/h1-2,5,8,15H,3-4,6-7,9-14H2. The molecule has 8 nitrogen and oxygen atoms in total. The fourth-order valence-corrected chi connectivity index (χ4v) is 3.75. The zero-order valence-corrected chi connectivity index (χ0v) is 15.4. The molecule has 2 aliphatic heterocycles. The summed E-state index contributed by atoms with van der Waals surface area (Å²) >= 11 is 0. The largest absolute Gasteiger partial charge is 0.379 e. The molecule has 8 heteroatoms. The number of pyridine rings is 1. The Morgan fingerprint density at radius 2 is 2.11 bits per heavy atom. The number of nitrogens with zero attached hydrogens (tertiary/aromatic N) is 5. The third-order valence-corrected chi connectivity index (χ3v) is 5.21. The van der Waals surface area contributed by atoms with E-state index in [2.05, 4.69) is 20.0 Å². The van der Waals surface area contributed by atoms with Crippen LogP contribution >= 0.6 is 0 Å². The van der Waals surface area contributed by atoms with E-state index in [-0.39, 0.29) is 11.9 Å². The van der Waals surface area contributed by atoms with Crippen molar-refractivity contribution in [2.75, 3.05) is 39.4 Å². The number of hydrogen-bond donors (Lipinski definition) is 0. The van der Waals surface area contributed by atoms with Gasteiger partial charge in [0.2, 0.25) is 5.91 Å². The lowest BCUT2D eigenvalue weighted by molar-refractivity contribution is -0.134. The van der Waals surface area contributed by atoms with Crippen LogP contribution in [-0.2, 0) is 16.0 Å². The van der Waals surface area contributed by atoms with Gasteiger partial charge in [0.25, 0.3) is 5.89 Å². The van der Waals surface area contributed by atoms with Crippen LogP contribution in [0, 0.1) is 0 Å². The van der Waals surface area contributed by atoms with Gasteiger partial charge in [-0.2, -0.15) is 4.98 Å². The van der Waals surface area contributed by atoms with Crippen LogP contribution in [0.2, 0.25) is 0 Å². The van der Waals surface area contributed by atoms with Crippen molar-refractivity contribution in [3.63, 3.8) is 0 Å². The van der Waals surface area contributed by atoms with E-state index in [1.165, 1.54) is 0 Å². The van der Waals surface area contributed by atoms with Crippen molar-refractivity contribution in [1.82, 2.24) is 24.9 Å². The number of aryl methyl sites for hydroxylation is 1. The molecule has 0 aromatic carbocycles. The summed E-state index contributed by atoms with van der Waals surface area (Å²) in [6, 6.07) is 5.85. The molecule has 0 spiro atoms. The topological polar surface area (TPSA) is 84.6 Å². The predicted octanol–water partition coefficient (Wildman–Crippen LogP) is 1.39. The summed E-state index contributed by atoms with van der Waals surface area (Å²) in [6.07, 6.45) is 5.36. The Balaban J connectivity index is 1.31. The van der Waals surface area contributed by atoms with Gasteiger partial charge in [0.15, 0.2) is 5.82 Å². The summed E-state index contributed by atoms with van der Waals surface area (Å²) in [5.41, 5.74) is 0.680. The lowest BCUT2D eigenvalue weighted by Crippen LogP contribution is -2.46. The van der Waals surface area contributed by atoms with Crippen LogP contribution in [0.3, 0.4) is 0 Å². The molecule has 0 aliphatic carbocycles. The fraction of sp³-hybridized carbons (Fsp3) is 0.579. The number of ether oxygens (including phenoxy) is 1. The highest BCUT2D eigenvalue weighted by Gasteiger charge is 2.30. The van der Waals surface area contributed by atoms with E-state index in [4.69, 9.17) is 9.26 Å². The SMILES string of the molecule is O=C(CN1CCOCC1)N1CCCC1CCc1noc(-c2ccccn2)n1. The van der Waals surface area contributed by atoms with Gasteiger partial charge >= 0.3 is 0 Å². The van der Waals surface area contributed by atoms with Crippen molar-refractivity contribution in [1.29, 1.82) is 0 Å². The van der Waals surface area contributed by atoms with Crippen LogP contribution in [-0.4, -0.2) is 76.3 Å². The van der Waals surface area contributed by atoms with Gasteiger partial charge in [0.05, 0.1) is 19.8 Å². The van der Waals surface area contributed by atoms with E-state index < -0.39 is 0 Å². The van der Waals surface area contributed by atoms with Gasteiger partial charge < -0.3 is 14.2 Å². The molecule has 144 valence electrons. The highest BCUT2D eigenvalue weighted by Crippen LogP contribution is 2.22. The fourth-order valence-electron chi connectivity index (χ4n) is 3.75. The number of amides is 1. The maximum Gasteiger partial charge on any atom is 0.276 e. The molecule has 0 N–H and O–H groups in total. The van der Waals surface area contributed by atoms with Crippen LogP contribution in [0.1, 0.15) is 25.1 Å². The molecule has 27 heavy (non-hydrogen) atoms. The van der Waals surface area contributed by atoms with Crippen molar-refractivity contribution in [2.24, 2.45) is 0 Å². The van der Waals surface area contributed by atoms with Crippen molar-refractivity contribution < 1.29 is 14.1 Å². The average molecular weight is 371 g/mol. The summed E-state index contributed by atoms with van der Waals surface area (Å²) in [4.78, 5) is 25.6. The predicted molar refractivity (Wildman–Crippen MR) is 97.8 cm³/mol. The number of carbonyl (C=O) groups excluding carboxylic acids is 1. The Morgan fingerprint density at radius 3 is 2.93 bits per heavy atom. The second kappa shape index (κ2) is 8.58. The molecule has 0 radical (unpaired) electrons. The zero-order valence-electron chi connectivity index (χ0n) is 15.4. The first-order chi connectivity index (χ1) is 13.3. The van der Waals surface area contributed by atoms with E-state index in [0.717, 1.165) is 38.9 Å². The smallest absolute Gasteiger partial charge is 0.276 e. The molecular formula is C19H25N5O3. The maximum atomic E-state index is 12.7. The van der Waals surface area contributed by atoms with Crippen LogP contribution in [0.4, 0.5) is 0 Å². The number of morpholine rings is 1. The summed E-state index contributed by atoms with van der Waals surface area (Å²) < 4.78 is 10.7. The number of likely N-dealkylation sites (tertiary alicyclic amines) is 1. The lowest BCUT2D eigenvalue weighted by Gasteiger charge is -2.30. The summed E-state index contributed by atoms with van der Waals surface area (Å²) in [6.45, 7) is 4.44. The van der Waals surface area contributed by atoms with Gasteiger partial charge in [-0.15, -0.1) is 0 Å². The van der Waals surface area contributed by atoms with Crippen molar-refractivity contribution in [2.45, 2.75) is 31.7 Å². The van der Waals surface area contributed by atoms with E-state index in [1.807, 2.05) is 23.1 Å². The number of hydrogen-bond acceptors (Lipinski definition) is 7. The molecule has 4 heterocycles. The second-order valence-corrected chi connectivity index (χ2v) is 7.04. The highest BCUT2D eigenvalue weighted by molar-refractivity contribution is 5.78. The Morgan fingerprint density at radius 1 is 1.22 bits per heavy atom. The van der Waals surface area contributed by atoms with Crippen LogP contribution in [0.15, 0.2) is 28.9 Å². The molecule has 2 fully saturated rings. The normalized spacial score (nSPS) is 20.9. The van der Waals surface area contributed by atoms with Gasteiger partial charge in [-0.05, 0) is 31.4 Å². The first-order valence-electron chi connectivity index (χ1n) is 9.63. The van der Waals surface area contributed by atoms with Gasteiger partial charge in [0.1, 0.15) is 5.69 Å². The number of rotatable bonds is 6. The molecule has 2 aromatic rings. The van der Waals surface area contributed by atoms with E-state index in [0.29, 0.717) is 43.6 Å². The van der Waals surface area contributed by atoms with E-state index in [9.17, 15) is 4.79 Å². The number of aromatic nitrogens is 3. The lowest BCUT2D eigenvalue weighted by atomic mass is 10.1. The Bertz CT molecular complexity index is 745. The van der Waals surface area contributed by atoms with Crippen LogP contribution in [0.25, 0.3) is 11.6 Å². The molecule has 0 bridgehead atoms. The molecule has 2 saturated heterocycles. The average Bonchev–Trinajstić information content (AvgIpc) is 3.37. The molecule has 1 atom stereocenters. The van der Waals surface area contributed by atoms with Crippen molar-refractivity contribution in [3.05, 3.63) is 30.2 Å². The third-order valence-electron chi connectivity index (χ3n) is 5.21. The molecule has 1 amide bonds. The molecule has 2 aromatic heterocycles.